The summed E-state index contributed by atoms with van der Waals surface area (Å²) < 4.78 is 11.1. The normalized spacial score (nSPS) is 19.0. The minimum atomic E-state index is -0.217. The number of aromatic nitrogens is 1. The topological polar surface area (TPSA) is 75.2 Å². The monoisotopic (exact) mass is 466 g/mol. The van der Waals surface area contributed by atoms with Gasteiger partial charge in [-0.2, -0.15) is 0 Å². The summed E-state index contributed by atoms with van der Waals surface area (Å²) in [6.45, 7) is 8.23. The Morgan fingerprint density at radius 3 is 2.50 bits per heavy atom. The molecule has 8 nitrogen and oxygen atoms in total. The maximum atomic E-state index is 12.7. The number of carbonyl (C=O) groups excluding carboxylic acids is 2. The van der Waals surface area contributed by atoms with Crippen LogP contribution in [0.3, 0.4) is 0 Å². The number of carbonyl (C=O) groups is 2. The first-order valence-electron chi connectivity index (χ1n) is 12.2. The molecule has 0 aliphatic carbocycles. The molecule has 2 aromatic rings. The number of nitrogens with zero attached hydrogens (tertiary/aromatic N) is 4. The molecule has 182 valence electrons. The zero-order valence-corrected chi connectivity index (χ0v) is 19.9. The van der Waals surface area contributed by atoms with Crippen LogP contribution in [0.15, 0.2) is 48.7 Å². The van der Waals surface area contributed by atoms with E-state index in [1.54, 1.807) is 17.2 Å². The molecule has 34 heavy (non-hydrogen) atoms. The Bertz CT molecular complexity index is 930. The van der Waals surface area contributed by atoms with Crippen LogP contribution < -0.4 is 4.74 Å². The fraction of sp³-hybridized carbons (Fsp3) is 0.500. The van der Waals surface area contributed by atoms with Crippen molar-refractivity contribution in [1.82, 2.24) is 19.7 Å². The quantitative estimate of drug-likeness (QED) is 0.623. The van der Waals surface area contributed by atoms with Crippen molar-refractivity contribution in [2.45, 2.75) is 26.3 Å². The molecule has 4 rings (SSSR count). The second-order valence-electron chi connectivity index (χ2n) is 8.89. The van der Waals surface area contributed by atoms with Crippen LogP contribution in [0.25, 0.3) is 0 Å². The molecule has 0 unspecified atom stereocenters. The summed E-state index contributed by atoms with van der Waals surface area (Å²) >= 11 is 0. The first-order valence-corrected chi connectivity index (χ1v) is 12.2. The number of ether oxygens (including phenoxy) is 2. The summed E-state index contributed by atoms with van der Waals surface area (Å²) in [5.74, 6) is 1.17. The molecule has 3 heterocycles. The molecule has 2 amide bonds. The second-order valence-corrected chi connectivity index (χ2v) is 8.89. The summed E-state index contributed by atoms with van der Waals surface area (Å²) in [6.07, 6.45) is 3.48. The number of pyridine rings is 1. The van der Waals surface area contributed by atoms with Crippen LogP contribution in [0.4, 0.5) is 4.79 Å². The minimum absolute atomic E-state index is 0.00209. The lowest BCUT2D eigenvalue weighted by Gasteiger charge is -2.34. The Kier molecular flexibility index (Phi) is 8.36. The number of amides is 2. The van der Waals surface area contributed by atoms with Crippen LogP contribution in [-0.2, 0) is 11.3 Å². The molecule has 0 N–H and O–H groups in total. The minimum Gasteiger partial charge on any atom is -0.493 e. The molecule has 2 aliphatic rings. The van der Waals surface area contributed by atoms with Gasteiger partial charge in [0.1, 0.15) is 11.4 Å². The van der Waals surface area contributed by atoms with E-state index >= 15 is 0 Å². The summed E-state index contributed by atoms with van der Waals surface area (Å²) in [5.41, 5.74) is 1.73. The van der Waals surface area contributed by atoms with Gasteiger partial charge >= 0.3 is 6.09 Å². The van der Waals surface area contributed by atoms with Gasteiger partial charge in [-0.05, 0) is 49.6 Å². The summed E-state index contributed by atoms with van der Waals surface area (Å²) in [7, 11) is 0. The Labute approximate surface area is 201 Å². The second kappa shape index (κ2) is 11.8. The third-order valence-electron chi connectivity index (χ3n) is 6.40. The fourth-order valence-corrected chi connectivity index (χ4v) is 4.50. The predicted molar refractivity (Wildman–Crippen MR) is 129 cm³/mol. The van der Waals surface area contributed by atoms with E-state index in [-0.39, 0.29) is 12.0 Å². The molecule has 0 radical (unpaired) electrons. The van der Waals surface area contributed by atoms with Gasteiger partial charge in [0.05, 0.1) is 13.2 Å². The fourth-order valence-electron chi connectivity index (χ4n) is 4.50. The van der Waals surface area contributed by atoms with Crippen molar-refractivity contribution in [3.63, 3.8) is 0 Å². The summed E-state index contributed by atoms with van der Waals surface area (Å²) in [5, 5.41) is 0. The van der Waals surface area contributed by atoms with Crippen molar-refractivity contribution in [1.29, 1.82) is 0 Å². The number of piperazine rings is 1. The number of piperidine rings is 1. The Morgan fingerprint density at radius 2 is 1.79 bits per heavy atom. The van der Waals surface area contributed by atoms with Gasteiger partial charge in [0.15, 0.2) is 0 Å². The standard InChI is InChI=1S/C26H34N4O4/c1-2-33-26(32)29-16-14-28(15-17-29)18-21-8-10-23(11-9-21)34-20-22-6-5-13-30(19-22)25(31)24-7-3-4-12-27-24/h3-4,7-12,22H,2,5-6,13-20H2,1H3/t22-/m0/s1. The van der Waals surface area contributed by atoms with E-state index in [1.165, 1.54) is 5.56 Å². The molecule has 2 fully saturated rings. The molecule has 0 spiro atoms. The number of rotatable bonds is 7. The molecule has 0 saturated carbocycles. The van der Waals surface area contributed by atoms with Gasteiger partial charge in [0, 0.05) is 57.9 Å². The largest absolute Gasteiger partial charge is 0.493 e. The van der Waals surface area contributed by atoms with Crippen LogP contribution in [0.2, 0.25) is 0 Å². The molecule has 1 aromatic carbocycles. The number of hydrogen-bond donors (Lipinski definition) is 0. The van der Waals surface area contributed by atoms with Gasteiger partial charge in [-0.3, -0.25) is 14.7 Å². The highest BCUT2D eigenvalue weighted by atomic mass is 16.6. The number of likely N-dealkylation sites (tertiary alicyclic amines) is 1. The first kappa shape index (κ1) is 24.0. The van der Waals surface area contributed by atoms with Crippen LogP contribution in [0.5, 0.6) is 5.75 Å². The zero-order valence-electron chi connectivity index (χ0n) is 19.9. The van der Waals surface area contributed by atoms with Crippen molar-refractivity contribution < 1.29 is 19.1 Å². The highest BCUT2D eigenvalue weighted by Crippen LogP contribution is 2.21. The van der Waals surface area contributed by atoms with E-state index in [2.05, 4.69) is 22.0 Å². The molecule has 8 heteroatoms. The van der Waals surface area contributed by atoms with Crippen LogP contribution in [-0.4, -0.2) is 84.2 Å². The lowest BCUT2D eigenvalue weighted by atomic mass is 9.98. The number of benzene rings is 1. The van der Waals surface area contributed by atoms with E-state index < -0.39 is 0 Å². The number of hydrogen-bond acceptors (Lipinski definition) is 6. The third-order valence-corrected chi connectivity index (χ3v) is 6.40. The maximum absolute atomic E-state index is 12.7. The van der Waals surface area contributed by atoms with Gasteiger partial charge in [0.2, 0.25) is 0 Å². The van der Waals surface area contributed by atoms with Gasteiger partial charge in [-0.25, -0.2) is 4.79 Å². The highest BCUT2D eigenvalue weighted by Gasteiger charge is 2.26. The molecular formula is C26H34N4O4. The average molecular weight is 467 g/mol. The van der Waals surface area contributed by atoms with Crippen LogP contribution in [0, 0.1) is 5.92 Å². The Balaban J connectivity index is 1.20. The Morgan fingerprint density at radius 1 is 1.00 bits per heavy atom. The van der Waals surface area contributed by atoms with E-state index in [1.807, 2.05) is 36.1 Å². The first-order chi connectivity index (χ1) is 16.6. The van der Waals surface area contributed by atoms with Gasteiger partial charge < -0.3 is 19.3 Å². The lowest BCUT2D eigenvalue weighted by Crippen LogP contribution is -2.48. The van der Waals surface area contributed by atoms with Crippen LogP contribution >= 0.6 is 0 Å². The average Bonchev–Trinajstić information content (AvgIpc) is 2.89. The van der Waals surface area contributed by atoms with Crippen molar-refractivity contribution in [3.8, 4) is 5.75 Å². The van der Waals surface area contributed by atoms with E-state index in [9.17, 15) is 9.59 Å². The van der Waals surface area contributed by atoms with Gasteiger partial charge in [-0.1, -0.05) is 18.2 Å². The van der Waals surface area contributed by atoms with Crippen molar-refractivity contribution in [2.24, 2.45) is 5.92 Å². The van der Waals surface area contributed by atoms with E-state index in [0.29, 0.717) is 44.5 Å². The zero-order chi connectivity index (χ0) is 23.8. The molecule has 0 bridgehead atoms. The Hall–Kier alpha value is -3.13. The lowest BCUT2D eigenvalue weighted by molar-refractivity contribution is 0.0627. The smallest absolute Gasteiger partial charge is 0.409 e. The molecular weight excluding hydrogens is 432 g/mol. The molecule has 1 aromatic heterocycles. The molecule has 1 atom stereocenters. The van der Waals surface area contributed by atoms with Gasteiger partial charge in [0.25, 0.3) is 5.91 Å². The van der Waals surface area contributed by atoms with Crippen molar-refractivity contribution in [3.05, 3.63) is 59.9 Å². The third kappa shape index (κ3) is 6.47. The maximum Gasteiger partial charge on any atom is 0.409 e. The summed E-state index contributed by atoms with van der Waals surface area (Å²) in [6, 6.07) is 13.7. The van der Waals surface area contributed by atoms with Crippen molar-refractivity contribution >= 4 is 12.0 Å². The summed E-state index contributed by atoms with van der Waals surface area (Å²) in [4.78, 5) is 34.7. The van der Waals surface area contributed by atoms with E-state index in [4.69, 9.17) is 9.47 Å². The van der Waals surface area contributed by atoms with E-state index in [0.717, 1.165) is 44.8 Å². The highest BCUT2D eigenvalue weighted by molar-refractivity contribution is 5.92. The molecule has 2 aliphatic heterocycles. The predicted octanol–water partition coefficient (Wildman–Crippen LogP) is 3.29. The van der Waals surface area contributed by atoms with Gasteiger partial charge in [-0.15, -0.1) is 0 Å². The SMILES string of the molecule is CCOC(=O)N1CCN(Cc2ccc(OC[C@H]3CCCN(C(=O)c4ccccn4)C3)cc2)CC1. The van der Waals surface area contributed by atoms with Crippen LogP contribution in [0.1, 0.15) is 35.8 Å². The molecule has 2 saturated heterocycles. The van der Waals surface area contributed by atoms with Crippen molar-refractivity contribution in [2.75, 3.05) is 52.5 Å².